The van der Waals surface area contributed by atoms with Crippen molar-refractivity contribution in [3.8, 4) is 5.75 Å². The third-order valence-corrected chi connectivity index (χ3v) is 5.34. The second-order valence-corrected chi connectivity index (χ2v) is 7.17. The average molecular weight is 383 g/mol. The summed E-state index contributed by atoms with van der Waals surface area (Å²) in [4.78, 5) is 21.3. The van der Waals surface area contributed by atoms with Crippen LogP contribution < -0.4 is 10.1 Å². The lowest BCUT2D eigenvalue weighted by molar-refractivity contribution is 0.186. The molecule has 0 radical (unpaired) electrons. The fourth-order valence-corrected chi connectivity index (χ4v) is 3.72. The first-order valence-corrected chi connectivity index (χ1v) is 9.98. The Morgan fingerprint density at radius 2 is 1.86 bits per heavy atom. The van der Waals surface area contributed by atoms with E-state index in [1.807, 2.05) is 41.3 Å². The summed E-state index contributed by atoms with van der Waals surface area (Å²) >= 11 is 0. The van der Waals surface area contributed by atoms with E-state index in [4.69, 9.17) is 4.74 Å². The average Bonchev–Trinajstić information content (AvgIpc) is 3.20. The first-order chi connectivity index (χ1) is 13.7. The van der Waals surface area contributed by atoms with Gasteiger partial charge in [-0.25, -0.2) is 4.79 Å². The first kappa shape index (κ1) is 20.1. The number of amides is 2. The lowest BCUT2D eigenvalue weighted by Crippen LogP contribution is -2.45. The number of rotatable bonds is 8. The minimum Gasteiger partial charge on any atom is -0.497 e. The van der Waals surface area contributed by atoms with Gasteiger partial charge < -0.3 is 15.0 Å². The Kier molecular flexibility index (Phi) is 7.25. The van der Waals surface area contributed by atoms with Gasteiger partial charge in [0.05, 0.1) is 7.11 Å². The molecule has 2 amide bonds. The van der Waals surface area contributed by atoms with Gasteiger partial charge in [-0.15, -0.1) is 0 Å². The molecule has 6 nitrogen and oxygen atoms in total. The van der Waals surface area contributed by atoms with E-state index in [0.717, 1.165) is 36.4 Å². The molecule has 6 heteroatoms. The van der Waals surface area contributed by atoms with Crippen molar-refractivity contribution in [2.75, 3.05) is 26.7 Å². The van der Waals surface area contributed by atoms with Crippen LogP contribution in [0.15, 0.2) is 48.8 Å². The number of hydrogen-bond acceptors (Lipinski definition) is 4. The maximum atomic E-state index is 13.0. The third kappa shape index (κ3) is 5.45. The Balaban J connectivity index is 1.66. The van der Waals surface area contributed by atoms with E-state index in [-0.39, 0.29) is 6.03 Å². The number of pyridine rings is 1. The lowest BCUT2D eigenvalue weighted by atomic mass is 10.2. The number of aromatic nitrogens is 1. The van der Waals surface area contributed by atoms with Crippen LogP contribution in [0.3, 0.4) is 0 Å². The van der Waals surface area contributed by atoms with Gasteiger partial charge in [-0.05, 0) is 61.3 Å². The van der Waals surface area contributed by atoms with Crippen LogP contribution in [-0.4, -0.2) is 53.6 Å². The van der Waals surface area contributed by atoms with E-state index in [0.29, 0.717) is 25.7 Å². The summed E-state index contributed by atoms with van der Waals surface area (Å²) in [5.74, 6) is 0.815. The molecule has 1 saturated heterocycles. The summed E-state index contributed by atoms with van der Waals surface area (Å²) < 4.78 is 5.23. The van der Waals surface area contributed by atoms with Gasteiger partial charge in [0.1, 0.15) is 5.75 Å². The standard InChI is InChI=1S/C22H30N4O2/c1-3-25-14-4-5-20(25)15-24-22(27)26(17-19-10-12-23-13-11-19)16-18-6-8-21(28-2)9-7-18/h6-13,20H,3-5,14-17H2,1-2H3,(H,24,27)/t20-/m0/s1. The maximum absolute atomic E-state index is 13.0. The Morgan fingerprint density at radius 3 is 2.50 bits per heavy atom. The Hall–Kier alpha value is -2.60. The van der Waals surface area contributed by atoms with Crippen molar-refractivity contribution in [1.29, 1.82) is 0 Å². The molecule has 28 heavy (non-hydrogen) atoms. The van der Waals surface area contributed by atoms with Crippen molar-refractivity contribution < 1.29 is 9.53 Å². The zero-order valence-electron chi connectivity index (χ0n) is 16.8. The van der Waals surface area contributed by atoms with Gasteiger partial charge >= 0.3 is 6.03 Å². The second-order valence-electron chi connectivity index (χ2n) is 7.17. The number of likely N-dealkylation sites (tertiary alicyclic amines) is 1. The molecule has 0 spiro atoms. The van der Waals surface area contributed by atoms with Crippen LogP contribution in [-0.2, 0) is 13.1 Å². The van der Waals surface area contributed by atoms with Crippen LogP contribution >= 0.6 is 0 Å². The van der Waals surface area contributed by atoms with Crippen LogP contribution in [0.25, 0.3) is 0 Å². The highest BCUT2D eigenvalue weighted by atomic mass is 16.5. The highest BCUT2D eigenvalue weighted by molar-refractivity contribution is 5.74. The predicted molar refractivity (Wildman–Crippen MR) is 110 cm³/mol. The van der Waals surface area contributed by atoms with Crippen LogP contribution in [0.5, 0.6) is 5.75 Å². The van der Waals surface area contributed by atoms with Crippen molar-refractivity contribution in [3.63, 3.8) is 0 Å². The van der Waals surface area contributed by atoms with Crippen molar-refractivity contribution >= 4 is 6.03 Å². The van der Waals surface area contributed by atoms with E-state index >= 15 is 0 Å². The molecule has 1 fully saturated rings. The van der Waals surface area contributed by atoms with Gasteiger partial charge in [0.15, 0.2) is 0 Å². The summed E-state index contributed by atoms with van der Waals surface area (Å²) in [5, 5.41) is 3.16. The number of methoxy groups -OCH3 is 1. The maximum Gasteiger partial charge on any atom is 0.318 e. The molecule has 1 N–H and O–H groups in total. The van der Waals surface area contributed by atoms with Gasteiger partial charge in [-0.2, -0.15) is 0 Å². The fraction of sp³-hybridized carbons (Fsp3) is 0.455. The molecule has 1 aliphatic rings. The molecule has 1 aromatic carbocycles. The van der Waals surface area contributed by atoms with E-state index in [1.54, 1.807) is 19.5 Å². The third-order valence-electron chi connectivity index (χ3n) is 5.34. The lowest BCUT2D eigenvalue weighted by Gasteiger charge is -2.27. The van der Waals surface area contributed by atoms with E-state index in [9.17, 15) is 4.79 Å². The molecule has 1 aliphatic heterocycles. The second kappa shape index (κ2) is 10.1. The molecule has 0 saturated carbocycles. The molecule has 0 unspecified atom stereocenters. The number of ether oxygens (including phenoxy) is 1. The number of nitrogens with zero attached hydrogens (tertiary/aromatic N) is 3. The Labute approximate surface area is 167 Å². The molecular weight excluding hydrogens is 352 g/mol. The number of nitrogens with one attached hydrogen (secondary N) is 1. The van der Waals surface area contributed by atoms with Crippen molar-refractivity contribution in [3.05, 3.63) is 59.9 Å². The van der Waals surface area contributed by atoms with E-state index in [2.05, 4.69) is 22.1 Å². The van der Waals surface area contributed by atoms with Crippen LogP contribution in [0.2, 0.25) is 0 Å². The van der Waals surface area contributed by atoms with E-state index < -0.39 is 0 Å². The molecule has 2 heterocycles. The number of likely N-dealkylation sites (N-methyl/N-ethyl adjacent to an activating group) is 1. The summed E-state index contributed by atoms with van der Waals surface area (Å²) in [6.07, 6.45) is 5.88. The summed E-state index contributed by atoms with van der Waals surface area (Å²) in [6.45, 7) is 6.13. The van der Waals surface area contributed by atoms with Crippen molar-refractivity contribution in [2.45, 2.75) is 38.9 Å². The number of benzene rings is 1. The molecule has 1 aromatic heterocycles. The largest absolute Gasteiger partial charge is 0.497 e. The molecule has 2 aromatic rings. The molecule has 1 atom stereocenters. The number of urea groups is 1. The van der Waals surface area contributed by atoms with Gasteiger partial charge in [0.2, 0.25) is 0 Å². The molecule has 3 rings (SSSR count). The summed E-state index contributed by atoms with van der Waals surface area (Å²) in [5.41, 5.74) is 2.13. The SMILES string of the molecule is CCN1CCC[C@H]1CNC(=O)N(Cc1ccncc1)Cc1ccc(OC)cc1. The summed E-state index contributed by atoms with van der Waals surface area (Å²) in [6, 6.07) is 12.2. The zero-order chi connectivity index (χ0) is 19.8. The van der Waals surface area contributed by atoms with Crippen molar-refractivity contribution in [2.24, 2.45) is 0 Å². The smallest absolute Gasteiger partial charge is 0.318 e. The molecular formula is C22H30N4O2. The van der Waals surface area contributed by atoms with Gasteiger partial charge in [-0.1, -0.05) is 19.1 Å². The minimum atomic E-state index is -0.0319. The number of carbonyl (C=O) groups excluding carboxylic acids is 1. The highest BCUT2D eigenvalue weighted by Gasteiger charge is 2.24. The zero-order valence-corrected chi connectivity index (χ0v) is 16.8. The normalized spacial score (nSPS) is 16.7. The van der Waals surface area contributed by atoms with E-state index in [1.165, 1.54) is 6.42 Å². The molecule has 150 valence electrons. The van der Waals surface area contributed by atoms with Gasteiger partial charge in [0, 0.05) is 38.1 Å². The van der Waals surface area contributed by atoms with Crippen LogP contribution in [0.4, 0.5) is 4.79 Å². The van der Waals surface area contributed by atoms with Gasteiger partial charge in [0.25, 0.3) is 0 Å². The Morgan fingerprint density at radius 1 is 1.18 bits per heavy atom. The number of hydrogen-bond donors (Lipinski definition) is 1. The van der Waals surface area contributed by atoms with Crippen LogP contribution in [0.1, 0.15) is 30.9 Å². The minimum absolute atomic E-state index is 0.0319. The Bertz CT molecular complexity index is 736. The molecule has 0 aliphatic carbocycles. The number of carbonyl (C=O) groups is 1. The monoisotopic (exact) mass is 382 g/mol. The summed E-state index contributed by atoms with van der Waals surface area (Å²) in [7, 11) is 1.65. The topological polar surface area (TPSA) is 57.7 Å². The van der Waals surface area contributed by atoms with Crippen molar-refractivity contribution in [1.82, 2.24) is 20.1 Å². The first-order valence-electron chi connectivity index (χ1n) is 9.98. The van der Waals surface area contributed by atoms with Crippen LogP contribution in [0, 0.1) is 0 Å². The quantitative estimate of drug-likeness (QED) is 0.761. The predicted octanol–water partition coefficient (Wildman–Crippen LogP) is 3.29. The fourth-order valence-electron chi connectivity index (χ4n) is 3.72. The molecule has 0 bridgehead atoms. The highest BCUT2D eigenvalue weighted by Crippen LogP contribution is 2.17. The van der Waals surface area contributed by atoms with Gasteiger partial charge in [-0.3, -0.25) is 9.88 Å².